The average molecular weight is 543 g/mol. The zero-order valence-electron chi connectivity index (χ0n) is 18.1. The van der Waals surface area contributed by atoms with Crippen LogP contribution in [0.5, 0.6) is 0 Å². The van der Waals surface area contributed by atoms with E-state index in [1.54, 1.807) is 31.3 Å². The minimum absolute atomic E-state index is 0.0498. The second-order valence-electron chi connectivity index (χ2n) is 7.99. The Balaban J connectivity index is 1.54. The molecule has 4 rings (SSSR count). The highest BCUT2D eigenvalue weighted by atomic mass is 35.5. The Labute approximate surface area is 213 Å². The van der Waals surface area contributed by atoms with E-state index in [-0.39, 0.29) is 33.8 Å². The van der Waals surface area contributed by atoms with Crippen LogP contribution in [0.1, 0.15) is 39.0 Å². The van der Waals surface area contributed by atoms with Gasteiger partial charge in [-0.3, -0.25) is 4.79 Å². The fourth-order valence-corrected chi connectivity index (χ4v) is 4.37. The predicted molar refractivity (Wildman–Crippen MR) is 128 cm³/mol. The van der Waals surface area contributed by atoms with Gasteiger partial charge in [-0.1, -0.05) is 52.1 Å². The van der Waals surface area contributed by atoms with Gasteiger partial charge >= 0.3 is 6.18 Å². The Hall–Kier alpha value is -2.81. The molecule has 0 bridgehead atoms. The Morgan fingerprint density at radius 3 is 2.40 bits per heavy atom. The van der Waals surface area contributed by atoms with Gasteiger partial charge in [0.15, 0.2) is 0 Å². The van der Waals surface area contributed by atoms with Crippen LogP contribution in [0.4, 0.5) is 13.2 Å². The molecule has 2 aromatic carbocycles. The lowest BCUT2D eigenvalue weighted by atomic mass is 9.86. The molecule has 2 heterocycles. The van der Waals surface area contributed by atoms with Gasteiger partial charge in [-0.25, -0.2) is 4.98 Å². The van der Waals surface area contributed by atoms with Crippen molar-refractivity contribution in [1.82, 2.24) is 10.3 Å². The van der Waals surface area contributed by atoms with Gasteiger partial charge in [0.2, 0.25) is 0 Å². The minimum atomic E-state index is -4.79. The average Bonchev–Trinajstić information content (AvgIpc) is 3.25. The van der Waals surface area contributed by atoms with Crippen molar-refractivity contribution < 1.29 is 22.8 Å². The van der Waals surface area contributed by atoms with Crippen LogP contribution in [0.2, 0.25) is 15.2 Å². The van der Waals surface area contributed by atoms with Crippen molar-refractivity contribution in [3.8, 4) is 0 Å². The van der Waals surface area contributed by atoms with Crippen molar-refractivity contribution in [2.75, 3.05) is 0 Å². The Morgan fingerprint density at radius 2 is 1.80 bits per heavy atom. The Bertz CT molecular complexity index is 1290. The smallest absolute Gasteiger partial charge is 0.374 e. The van der Waals surface area contributed by atoms with Crippen molar-refractivity contribution in [3.63, 3.8) is 0 Å². The summed E-state index contributed by atoms with van der Waals surface area (Å²) in [4.78, 5) is 21.6. The first-order chi connectivity index (χ1) is 16.5. The quantitative estimate of drug-likeness (QED) is 0.358. The number of aryl methyl sites for hydroxylation is 1. The second-order valence-corrected chi connectivity index (χ2v) is 9.25. The molecule has 11 heteroatoms. The molecule has 1 amide bonds. The highest BCUT2D eigenvalue weighted by Gasteiger charge is 2.62. The number of carbonyl (C=O) groups is 1. The Kier molecular flexibility index (Phi) is 6.99. The van der Waals surface area contributed by atoms with Crippen LogP contribution in [0.15, 0.2) is 59.9 Å². The topological polar surface area (TPSA) is 63.6 Å². The van der Waals surface area contributed by atoms with Gasteiger partial charge in [0.05, 0.1) is 5.71 Å². The van der Waals surface area contributed by atoms with E-state index in [9.17, 15) is 18.0 Å². The summed E-state index contributed by atoms with van der Waals surface area (Å²) in [6.07, 6.45) is -3.82. The number of rotatable bonds is 5. The number of halogens is 6. The van der Waals surface area contributed by atoms with Crippen molar-refractivity contribution in [2.24, 2.45) is 5.16 Å². The molecule has 35 heavy (non-hydrogen) atoms. The van der Waals surface area contributed by atoms with E-state index in [0.29, 0.717) is 21.8 Å². The van der Waals surface area contributed by atoms with Crippen LogP contribution in [-0.2, 0) is 17.0 Å². The molecule has 1 aliphatic heterocycles. The Morgan fingerprint density at radius 1 is 1.09 bits per heavy atom. The molecule has 0 fully saturated rings. The van der Waals surface area contributed by atoms with E-state index in [0.717, 1.165) is 17.7 Å². The van der Waals surface area contributed by atoms with E-state index < -0.39 is 18.2 Å². The standard InChI is InChI=1S/C24H17Cl3F3N3O2/c1-13-6-15(3-4-19(13)22(34)32-12-14-2-5-21(27)31-11-14)20-10-23(35-33-20,24(28,29)30)16-7-17(25)9-18(26)8-16/h2-9,11H,10,12H2,1H3,(H,32,34). The summed E-state index contributed by atoms with van der Waals surface area (Å²) in [5.74, 6) is -0.341. The third-order valence-electron chi connectivity index (χ3n) is 5.56. The molecule has 0 saturated carbocycles. The van der Waals surface area contributed by atoms with Gasteiger partial charge < -0.3 is 10.2 Å². The molecule has 0 radical (unpaired) electrons. The lowest BCUT2D eigenvalue weighted by Crippen LogP contribution is -2.42. The van der Waals surface area contributed by atoms with Gasteiger partial charge in [0.1, 0.15) is 5.15 Å². The molecule has 0 spiro atoms. The summed E-state index contributed by atoms with van der Waals surface area (Å²) < 4.78 is 42.6. The normalized spacial score (nSPS) is 17.6. The van der Waals surface area contributed by atoms with Gasteiger partial charge in [-0.15, -0.1) is 0 Å². The molecule has 0 saturated heterocycles. The lowest BCUT2D eigenvalue weighted by molar-refractivity contribution is -0.275. The van der Waals surface area contributed by atoms with Crippen molar-refractivity contribution in [3.05, 3.63) is 97.7 Å². The minimum Gasteiger partial charge on any atom is -0.374 e. The molecule has 0 aliphatic carbocycles. The van der Waals surface area contributed by atoms with Gasteiger partial charge in [0.25, 0.3) is 11.5 Å². The molecule has 1 atom stereocenters. The number of hydrogen-bond donors (Lipinski definition) is 1. The number of nitrogens with one attached hydrogen (secondary N) is 1. The molecule has 182 valence electrons. The third kappa shape index (κ3) is 5.24. The van der Waals surface area contributed by atoms with E-state index in [4.69, 9.17) is 39.6 Å². The van der Waals surface area contributed by atoms with Crippen LogP contribution < -0.4 is 5.32 Å². The molecule has 1 N–H and O–H groups in total. The number of benzene rings is 2. The van der Waals surface area contributed by atoms with Gasteiger partial charge in [0, 0.05) is 40.3 Å². The molecule has 3 aromatic rings. The summed E-state index contributed by atoms with van der Waals surface area (Å²) in [6, 6.07) is 11.7. The van der Waals surface area contributed by atoms with Crippen LogP contribution in [-0.4, -0.2) is 22.8 Å². The second kappa shape index (κ2) is 9.68. The van der Waals surface area contributed by atoms with Crippen LogP contribution >= 0.6 is 34.8 Å². The monoisotopic (exact) mass is 541 g/mol. The lowest BCUT2D eigenvalue weighted by Gasteiger charge is -2.29. The number of pyridine rings is 1. The van der Waals surface area contributed by atoms with Gasteiger partial charge in [-0.2, -0.15) is 13.2 Å². The zero-order chi connectivity index (χ0) is 25.4. The SMILES string of the molecule is Cc1cc(C2=NOC(c3cc(Cl)cc(Cl)c3)(C(F)(F)F)C2)ccc1C(=O)NCc1ccc(Cl)nc1. The third-order valence-corrected chi connectivity index (χ3v) is 6.22. The highest BCUT2D eigenvalue weighted by Crippen LogP contribution is 2.49. The number of amides is 1. The van der Waals surface area contributed by atoms with Gasteiger partial charge in [-0.05, 0) is 60.0 Å². The van der Waals surface area contributed by atoms with Crippen molar-refractivity contribution in [2.45, 2.75) is 31.7 Å². The summed E-state index contributed by atoms with van der Waals surface area (Å²) >= 11 is 17.6. The maximum atomic E-state index is 14.2. The number of alkyl halides is 3. The molecule has 1 aromatic heterocycles. The van der Waals surface area contributed by atoms with Crippen LogP contribution in [0, 0.1) is 6.92 Å². The first-order valence-electron chi connectivity index (χ1n) is 10.3. The molecule has 1 aliphatic rings. The first-order valence-corrected chi connectivity index (χ1v) is 11.4. The molecule has 1 unspecified atom stereocenters. The summed E-state index contributed by atoms with van der Waals surface area (Å²) in [7, 11) is 0. The predicted octanol–water partition coefficient (Wildman–Crippen LogP) is 6.86. The highest BCUT2D eigenvalue weighted by molar-refractivity contribution is 6.34. The maximum absolute atomic E-state index is 14.2. The van der Waals surface area contributed by atoms with E-state index >= 15 is 0 Å². The largest absolute Gasteiger partial charge is 0.435 e. The molecule has 5 nitrogen and oxygen atoms in total. The fourth-order valence-electron chi connectivity index (χ4n) is 3.73. The van der Waals surface area contributed by atoms with E-state index in [2.05, 4.69) is 15.5 Å². The van der Waals surface area contributed by atoms with Crippen LogP contribution in [0.25, 0.3) is 0 Å². The number of aromatic nitrogens is 1. The molecular formula is C24H17Cl3F3N3O2. The van der Waals surface area contributed by atoms with E-state index in [1.807, 2.05) is 0 Å². The number of hydrogen-bond acceptors (Lipinski definition) is 4. The number of oxime groups is 1. The zero-order valence-corrected chi connectivity index (χ0v) is 20.4. The van der Waals surface area contributed by atoms with Crippen LogP contribution in [0.3, 0.4) is 0 Å². The van der Waals surface area contributed by atoms with E-state index in [1.165, 1.54) is 18.2 Å². The summed E-state index contributed by atoms with van der Waals surface area (Å²) in [5, 5.41) is 6.98. The maximum Gasteiger partial charge on any atom is 0.435 e. The fraction of sp³-hybridized carbons (Fsp3) is 0.208. The molecular weight excluding hydrogens is 526 g/mol. The number of nitrogens with zero attached hydrogens (tertiary/aromatic N) is 2. The number of carbonyl (C=O) groups excluding carboxylic acids is 1. The first kappa shape index (κ1) is 25.3. The summed E-state index contributed by atoms with van der Waals surface area (Å²) in [5.41, 5.74) is -0.787. The van der Waals surface area contributed by atoms with Crippen molar-refractivity contribution in [1.29, 1.82) is 0 Å². The summed E-state index contributed by atoms with van der Waals surface area (Å²) in [6.45, 7) is 1.92. The van der Waals surface area contributed by atoms with Crippen molar-refractivity contribution >= 4 is 46.4 Å².